The quantitative estimate of drug-likeness (QED) is 0.555. The second-order valence-electron chi connectivity index (χ2n) is 6.68. The molecule has 27 heavy (non-hydrogen) atoms. The minimum absolute atomic E-state index is 0.245. The van der Waals surface area contributed by atoms with Crippen molar-refractivity contribution in [2.24, 2.45) is 5.41 Å². The predicted octanol–water partition coefficient (Wildman–Crippen LogP) is 2.92. The van der Waals surface area contributed by atoms with Gasteiger partial charge in [0.1, 0.15) is 23.5 Å². The Morgan fingerprint density at radius 1 is 0.963 bits per heavy atom. The molecule has 0 unspecified atom stereocenters. The average molecular weight is 368 g/mol. The summed E-state index contributed by atoms with van der Waals surface area (Å²) in [5, 5.41) is 5.64. The maximum absolute atomic E-state index is 12.5. The van der Waals surface area contributed by atoms with Gasteiger partial charge in [0.2, 0.25) is 11.8 Å². The molecular formula is C21H24N2O4. The molecule has 0 aliphatic heterocycles. The molecule has 6 nitrogen and oxygen atoms in total. The smallest absolute Gasteiger partial charge is 0.240 e. The largest absolute Gasteiger partial charge is 0.497 e. The Kier molecular flexibility index (Phi) is 5.64. The molecule has 2 aromatic carbocycles. The third-order valence-corrected chi connectivity index (χ3v) is 4.64. The summed E-state index contributed by atoms with van der Waals surface area (Å²) in [4.78, 5) is 25.0. The van der Waals surface area contributed by atoms with Crippen molar-refractivity contribution in [2.45, 2.75) is 19.8 Å². The molecule has 1 aliphatic carbocycles. The number of rotatable bonds is 8. The van der Waals surface area contributed by atoms with E-state index in [4.69, 9.17) is 9.47 Å². The van der Waals surface area contributed by atoms with Crippen LogP contribution in [0.2, 0.25) is 0 Å². The first-order valence-electron chi connectivity index (χ1n) is 8.97. The van der Waals surface area contributed by atoms with Crippen LogP contribution in [-0.4, -0.2) is 32.1 Å². The van der Waals surface area contributed by atoms with E-state index in [2.05, 4.69) is 10.6 Å². The number of carbonyl (C=O) groups is 2. The van der Waals surface area contributed by atoms with Gasteiger partial charge in [0.25, 0.3) is 0 Å². The van der Waals surface area contributed by atoms with E-state index in [-0.39, 0.29) is 11.8 Å². The first kappa shape index (κ1) is 18.8. The van der Waals surface area contributed by atoms with Gasteiger partial charge in [0, 0.05) is 5.69 Å². The number of amides is 2. The topological polar surface area (TPSA) is 76.7 Å². The van der Waals surface area contributed by atoms with Crippen LogP contribution < -0.4 is 20.1 Å². The van der Waals surface area contributed by atoms with Crippen molar-refractivity contribution < 1.29 is 19.1 Å². The van der Waals surface area contributed by atoms with E-state index < -0.39 is 5.41 Å². The van der Waals surface area contributed by atoms with Crippen LogP contribution in [0.15, 0.2) is 48.5 Å². The molecule has 0 heterocycles. The standard InChI is InChI=1S/C21H24N2O4/c1-15-3-5-16(6-4-15)23-20(25)21(11-12-21)19(24)22-13-14-27-18-9-7-17(26-2)8-10-18/h3-10H,11-14H2,1-2H3,(H,22,24)(H,23,25). The lowest BCUT2D eigenvalue weighted by Gasteiger charge is -2.16. The molecule has 2 amide bonds. The van der Waals surface area contributed by atoms with Gasteiger partial charge >= 0.3 is 0 Å². The molecule has 0 saturated heterocycles. The average Bonchev–Trinajstić information content (AvgIpc) is 3.49. The van der Waals surface area contributed by atoms with Crippen LogP contribution in [0.3, 0.4) is 0 Å². The molecule has 2 aromatic rings. The Hall–Kier alpha value is -3.02. The van der Waals surface area contributed by atoms with Gasteiger partial charge in [-0.2, -0.15) is 0 Å². The predicted molar refractivity (Wildman–Crippen MR) is 103 cm³/mol. The van der Waals surface area contributed by atoms with Crippen molar-refractivity contribution in [3.63, 3.8) is 0 Å². The summed E-state index contributed by atoms with van der Waals surface area (Å²) in [5.74, 6) is 0.958. The van der Waals surface area contributed by atoms with Crippen molar-refractivity contribution in [1.82, 2.24) is 5.32 Å². The van der Waals surface area contributed by atoms with Gasteiger partial charge in [0.05, 0.1) is 13.7 Å². The third kappa shape index (κ3) is 4.58. The van der Waals surface area contributed by atoms with E-state index in [0.29, 0.717) is 37.4 Å². The number of aryl methyl sites for hydroxylation is 1. The lowest BCUT2D eigenvalue weighted by atomic mass is 10.0. The van der Waals surface area contributed by atoms with Crippen molar-refractivity contribution in [3.05, 3.63) is 54.1 Å². The van der Waals surface area contributed by atoms with Crippen molar-refractivity contribution in [3.8, 4) is 11.5 Å². The van der Waals surface area contributed by atoms with Crippen LogP contribution in [0.5, 0.6) is 11.5 Å². The van der Waals surface area contributed by atoms with E-state index in [0.717, 1.165) is 11.3 Å². The van der Waals surface area contributed by atoms with E-state index >= 15 is 0 Å². The van der Waals surface area contributed by atoms with Crippen molar-refractivity contribution in [2.75, 3.05) is 25.6 Å². The third-order valence-electron chi connectivity index (χ3n) is 4.64. The molecular weight excluding hydrogens is 344 g/mol. The second kappa shape index (κ2) is 8.12. The lowest BCUT2D eigenvalue weighted by molar-refractivity contribution is -0.134. The second-order valence-corrected chi connectivity index (χ2v) is 6.68. The fraction of sp³-hybridized carbons (Fsp3) is 0.333. The van der Waals surface area contributed by atoms with E-state index in [1.54, 1.807) is 19.2 Å². The highest BCUT2D eigenvalue weighted by Crippen LogP contribution is 2.46. The molecule has 1 fully saturated rings. The van der Waals surface area contributed by atoms with Crippen LogP contribution in [0.4, 0.5) is 5.69 Å². The molecule has 1 saturated carbocycles. The lowest BCUT2D eigenvalue weighted by Crippen LogP contribution is -2.41. The number of nitrogens with one attached hydrogen (secondary N) is 2. The number of carbonyl (C=O) groups excluding carboxylic acids is 2. The Bertz CT molecular complexity index is 796. The van der Waals surface area contributed by atoms with Crippen LogP contribution in [-0.2, 0) is 9.59 Å². The van der Waals surface area contributed by atoms with E-state index in [1.165, 1.54) is 0 Å². The van der Waals surface area contributed by atoms with Crippen LogP contribution >= 0.6 is 0 Å². The molecule has 0 bridgehead atoms. The Labute approximate surface area is 158 Å². The van der Waals surface area contributed by atoms with Crippen molar-refractivity contribution in [1.29, 1.82) is 0 Å². The number of benzene rings is 2. The number of hydrogen-bond donors (Lipinski definition) is 2. The molecule has 1 aliphatic rings. The van der Waals surface area contributed by atoms with Gasteiger partial charge in [-0.1, -0.05) is 17.7 Å². The summed E-state index contributed by atoms with van der Waals surface area (Å²) >= 11 is 0. The molecule has 3 rings (SSSR count). The molecule has 0 aromatic heterocycles. The summed E-state index contributed by atoms with van der Waals surface area (Å²) in [6.07, 6.45) is 1.13. The molecule has 6 heteroatoms. The molecule has 0 atom stereocenters. The fourth-order valence-electron chi connectivity index (χ4n) is 2.74. The summed E-state index contributed by atoms with van der Waals surface area (Å²) < 4.78 is 10.7. The molecule has 0 spiro atoms. The highest BCUT2D eigenvalue weighted by molar-refractivity contribution is 6.13. The maximum Gasteiger partial charge on any atom is 0.240 e. The Morgan fingerprint density at radius 2 is 1.59 bits per heavy atom. The molecule has 2 N–H and O–H groups in total. The van der Waals surface area contributed by atoms with Gasteiger partial charge < -0.3 is 20.1 Å². The monoisotopic (exact) mass is 368 g/mol. The van der Waals surface area contributed by atoms with Gasteiger partial charge in [-0.15, -0.1) is 0 Å². The normalized spacial score (nSPS) is 14.1. The number of methoxy groups -OCH3 is 1. The van der Waals surface area contributed by atoms with Crippen molar-refractivity contribution >= 4 is 17.5 Å². The van der Waals surface area contributed by atoms with Crippen LogP contribution in [0.25, 0.3) is 0 Å². The van der Waals surface area contributed by atoms with Gasteiger partial charge in [-0.3, -0.25) is 9.59 Å². The molecule has 142 valence electrons. The van der Waals surface area contributed by atoms with Gasteiger partial charge in [-0.25, -0.2) is 0 Å². The Balaban J connectivity index is 1.45. The highest BCUT2D eigenvalue weighted by Gasteiger charge is 2.56. The summed E-state index contributed by atoms with van der Waals surface area (Å²) in [6.45, 7) is 2.65. The summed E-state index contributed by atoms with van der Waals surface area (Å²) in [7, 11) is 1.61. The highest BCUT2D eigenvalue weighted by atomic mass is 16.5. The molecule has 0 radical (unpaired) electrons. The summed E-state index contributed by atoms with van der Waals surface area (Å²) in [5.41, 5.74) is 0.863. The number of anilines is 1. The minimum atomic E-state index is -0.953. The number of ether oxygens (including phenoxy) is 2. The zero-order valence-corrected chi connectivity index (χ0v) is 15.6. The van der Waals surface area contributed by atoms with Gasteiger partial charge in [0.15, 0.2) is 0 Å². The first-order valence-corrected chi connectivity index (χ1v) is 8.97. The first-order chi connectivity index (χ1) is 13.0. The van der Waals surface area contributed by atoms with E-state index in [9.17, 15) is 9.59 Å². The van der Waals surface area contributed by atoms with Crippen LogP contribution in [0.1, 0.15) is 18.4 Å². The van der Waals surface area contributed by atoms with E-state index in [1.807, 2.05) is 43.3 Å². The van der Waals surface area contributed by atoms with Gasteiger partial charge in [-0.05, 0) is 56.2 Å². The Morgan fingerprint density at radius 3 is 2.19 bits per heavy atom. The minimum Gasteiger partial charge on any atom is -0.497 e. The fourth-order valence-corrected chi connectivity index (χ4v) is 2.74. The zero-order chi connectivity index (χ0) is 19.3. The maximum atomic E-state index is 12.5. The zero-order valence-electron chi connectivity index (χ0n) is 15.6. The summed E-state index contributed by atoms with van der Waals surface area (Å²) in [6, 6.07) is 14.7. The van der Waals surface area contributed by atoms with Crippen LogP contribution in [0, 0.1) is 12.3 Å². The number of hydrogen-bond acceptors (Lipinski definition) is 4. The SMILES string of the molecule is COc1ccc(OCCNC(=O)C2(C(=O)Nc3ccc(C)cc3)CC2)cc1.